The topological polar surface area (TPSA) is 105 Å². The molecule has 0 spiro atoms. The first-order valence-corrected chi connectivity index (χ1v) is 10.2. The molecular formula is C22H30N4O3. The van der Waals surface area contributed by atoms with Crippen LogP contribution in [-0.4, -0.2) is 33.4 Å². The molecule has 156 valence electrons. The summed E-state index contributed by atoms with van der Waals surface area (Å²) in [5.74, 6) is -0.535. The van der Waals surface area contributed by atoms with E-state index in [4.69, 9.17) is 0 Å². The van der Waals surface area contributed by atoms with Gasteiger partial charge in [-0.3, -0.25) is 14.4 Å². The molecule has 1 amide bonds. The fraction of sp³-hybridized carbons (Fsp3) is 0.500. The van der Waals surface area contributed by atoms with Crippen molar-refractivity contribution in [3.8, 4) is 0 Å². The van der Waals surface area contributed by atoms with Gasteiger partial charge in [0.05, 0.1) is 5.92 Å². The first-order valence-electron chi connectivity index (χ1n) is 10.2. The maximum atomic E-state index is 12.3. The van der Waals surface area contributed by atoms with Crippen molar-refractivity contribution in [3.63, 3.8) is 0 Å². The molecule has 0 radical (unpaired) electrons. The van der Waals surface area contributed by atoms with Gasteiger partial charge in [-0.15, -0.1) is 10.2 Å². The molecule has 1 aromatic heterocycles. The van der Waals surface area contributed by atoms with E-state index in [1.54, 1.807) is 0 Å². The maximum Gasteiger partial charge on any atom is 0.272 e. The van der Waals surface area contributed by atoms with Crippen LogP contribution in [0.25, 0.3) is 0 Å². The van der Waals surface area contributed by atoms with E-state index < -0.39 is 5.92 Å². The second-order valence-electron chi connectivity index (χ2n) is 7.41. The van der Waals surface area contributed by atoms with E-state index in [-0.39, 0.29) is 35.9 Å². The number of hydrogen-bond donors (Lipinski definition) is 2. The van der Waals surface area contributed by atoms with E-state index in [9.17, 15) is 14.4 Å². The molecule has 1 aromatic carbocycles. The highest BCUT2D eigenvalue weighted by Gasteiger charge is 2.22. The van der Waals surface area contributed by atoms with Crippen molar-refractivity contribution < 1.29 is 9.59 Å². The van der Waals surface area contributed by atoms with Crippen LogP contribution in [-0.2, 0) is 22.4 Å². The van der Waals surface area contributed by atoms with Crippen LogP contribution in [0.15, 0.2) is 29.1 Å². The number of ketones is 1. The van der Waals surface area contributed by atoms with Crippen LogP contribution in [0.1, 0.15) is 62.2 Å². The minimum atomic E-state index is -0.622. The molecule has 0 saturated heterocycles. The van der Waals surface area contributed by atoms with Crippen molar-refractivity contribution >= 4 is 11.7 Å². The van der Waals surface area contributed by atoms with Crippen molar-refractivity contribution in [2.45, 2.75) is 59.3 Å². The SMILES string of the molecule is CCCCCC(C(C)=O)C(=O)NCCc1nnc(Cc2ccc(C)cc2)[nH]c1=O. The van der Waals surface area contributed by atoms with Gasteiger partial charge in [0.15, 0.2) is 0 Å². The number of carbonyl (C=O) groups excluding carboxylic acids is 2. The Hall–Kier alpha value is -2.83. The summed E-state index contributed by atoms with van der Waals surface area (Å²) in [6, 6.07) is 8.00. The molecule has 2 aromatic rings. The summed E-state index contributed by atoms with van der Waals surface area (Å²) in [6.45, 7) is 5.78. The summed E-state index contributed by atoms with van der Waals surface area (Å²) >= 11 is 0. The Balaban J connectivity index is 1.88. The third-order valence-electron chi connectivity index (χ3n) is 4.87. The monoisotopic (exact) mass is 398 g/mol. The molecule has 0 aliphatic rings. The molecule has 1 atom stereocenters. The quantitative estimate of drug-likeness (QED) is 0.447. The number of aromatic amines is 1. The number of aromatic nitrogens is 3. The van der Waals surface area contributed by atoms with E-state index in [1.165, 1.54) is 12.5 Å². The zero-order valence-electron chi connectivity index (χ0n) is 17.5. The minimum absolute atomic E-state index is 0.128. The Morgan fingerprint density at radius 2 is 1.86 bits per heavy atom. The van der Waals surface area contributed by atoms with Crippen molar-refractivity contribution in [1.29, 1.82) is 0 Å². The van der Waals surface area contributed by atoms with Crippen molar-refractivity contribution in [1.82, 2.24) is 20.5 Å². The molecule has 0 aliphatic heterocycles. The molecule has 0 saturated carbocycles. The molecular weight excluding hydrogens is 368 g/mol. The Morgan fingerprint density at radius 1 is 1.14 bits per heavy atom. The number of hydrogen-bond acceptors (Lipinski definition) is 5. The van der Waals surface area contributed by atoms with E-state index >= 15 is 0 Å². The van der Waals surface area contributed by atoms with E-state index in [2.05, 4.69) is 27.4 Å². The predicted octanol–water partition coefficient (Wildman–Crippen LogP) is 2.51. The average molecular weight is 399 g/mol. The predicted molar refractivity (Wildman–Crippen MR) is 112 cm³/mol. The van der Waals surface area contributed by atoms with Crippen LogP contribution >= 0.6 is 0 Å². The Kier molecular flexibility index (Phi) is 8.70. The number of H-pyrrole nitrogens is 1. The number of rotatable bonds is 11. The van der Waals surface area contributed by atoms with Gasteiger partial charge in [0.25, 0.3) is 5.56 Å². The summed E-state index contributed by atoms with van der Waals surface area (Å²) in [5, 5.41) is 10.9. The number of amides is 1. The number of carbonyl (C=O) groups is 2. The van der Waals surface area contributed by atoms with Gasteiger partial charge in [0.2, 0.25) is 5.91 Å². The smallest absolute Gasteiger partial charge is 0.272 e. The Morgan fingerprint density at radius 3 is 2.48 bits per heavy atom. The first kappa shape index (κ1) is 22.5. The van der Waals surface area contributed by atoms with Crippen molar-refractivity contribution in [2.24, 2.45) is 5.92 Å². The van der Waals surface area contributed by atoms with E-state index in [0.717, 1.165) is 24.8 Å². The molecule has 2 rings (SSSR count). The van der Waals surface area contributed by atoms with Gasteiger partial charge in [-0.05, 0) is 25.8 Å². The average Bonchev–Trinajstić information content (AvgIpc) is 2.68. The highest BCUT2D eigenvalue weighted by Crippen LogP contribution is 2.11. The van der Waals surface area contributed by atoms with Gasteiger partial charge in [-0.2, -0.15) is 0 Å². The number of benzene rings is 1. The number of nitrogens with zero attached hydrogens (tertiary/aromatic N) is 2. The standard InChI is InChI=1S/C22H30N4O3/c1-4-5-6-7-18(16(3)27)21(28)23-13-12-19-22(29)24-20(26-25-19)14-17-10-8-15(2)9-11-17/h8-11,18H,4-7,12-14H2,1-3H3,(H,23,28)(H,24,26,29). The summed E-state index contributed by atoms with van der Waals surface area (Å²) in [7, 11) is 0. The third kappa shape index (κ3) is 7.25. The molecule has 1 heterocycles. The Labute approximate surface area is 171 Å². The second-order valence-corrected chi connectivity index (χ2v) is 7.41. The van der Waals surface area contributed by atoms with Crippen LogP contribution in [0.4, 0.5) is 0 Å². The lowest BCUT2D eigenvalue weighted by Crippen LogP contribution is -2.36. The summed E-state index contributed by atoms with van der Waals surface area (Å²) in [5.41, 5.74) is 2.17. The molecule has 1 unspecified atom stereocenters. The Bertz CT molecular complexity index is 874. The lowest BCUT2D eigenvalue weighted by atomic mass is 9.96. The number of nitrogens with one attached hydrogen (secondary N) is 2. The van der Waals surface area contributed by atoms with Crippen LogP contribution < -0.4 is 10.9 Å². The summed E-state index contributed by atoms with van der Waals surface area (Å²) in [6.07, 6.45) is 4.20. The zero-order valence-corrected chi connectivity index (χ0v) is 17.5. The van der Waals surface area contributed by atoms with Gasteiger partial charge in [-0.25, -0.2) is 0 Å². The number of unbranched alkanes of at least 4 members (excludes halogenated alkanes) is 2. The summed E-state index contributed by atoms with van der Waals surface area (Å²) in [4.78, 5) is 39.0. The lowest BCUT2D eigenvalue weighted by Gasteiger charge is -2.13. The summed E-state index contributed by atoms with van der Waals surface area (Å²) < 4.78 is 0. The lowest BCUT2D eigenvalue weighted by molar-refractivity contribution is -0.133. The molecule has 29 heavy (non-hydrogen) atoms. The number of Topliss-reactive ketones (excluding diaryl/α,β-unsaturated/α-hetero) is 1. The molecule has 7 nitrogen and oxygen atoms in total. The second kappa shape index (κ2) is 11.2. The van der Waals surface area contributed by atoms with Crippen molar-refractivity contribution in [3.05, 3.63) is 57.3 Å². The highest BCUT2D eigenvalue weighted by atomic mass is 16.2. The van der Waals surface area contributed by atoms with E-state index in [0.29, 0.717) is 18.7 Å². The van der Waals surface area contributed by atoms with Crippen LogP contribution in [0.3, 0.4) is 0 Å². The minimum Gasteiger partial charge on any atom is -0.355 e. The third-order valence-corrected chi connectivity index (χ3v) is 4.87. The fourth-order valence-electron chi connectivity index (χ4n) is 3.08. The normalized spacial score (nSPS) is 11.8. The van der Waals surface area contributed by atoms with Gasteiger partial charge in [0, 0.05) is 19.4 Å². The first-order chi connectivity index (χ1) is 13.9. The molecule has 0 fully saturated rings. The van der Waals surface area contributed by atoms with Gasteiger partial charge < -0.3 is 10.3 Å². The van der Waals surface area contributed by atoms with Crippen LogP contribution in [0.5, 0.6) is 0 Å². The number of aryl methyl sites for hydroxylation is 1. The largest absolute Gasteiger partial charge is 0.355 e. The highest BCUT2D eigenvalue weighted by molar-refractivity contribution is 6.00. The molecule has 0 aliphatic carbocycles. The molecule has 7 heteroatoms. The molecule has 0 bridgehead atoms. The zero-order chi connectivity index (χ0) is 21.2. The van der Waals surface area contributed by atoms with Gasteiger partial charge in [0.1, 0.15) is 17.3 Å². The van der Waals surface area contributed by atoms with E-state index in [1.807, 2.05) is 31.2 Å². The van der Waals surface area contributed by atoms with Gasteiger partial charge in [-0.1, -0.05) is 56.0 Å². The fourth-order valence-corrected chi connectivity index (χ4v) is 3.08. The van der Waals surface area contributed by atoms with Crippen LogP contribution in [0, 0.1) is 12.8 Å². The molecule has 2 N–H and O–H groups in total. The van der Waals surface area contributed by atoms with Crippen LogP contribution in [0.2, 0.25) is 0 Å². The maximum absolute atomic E-state index is 12.3. The van der Waals surface area contributed by atoms with Crippen molar-refractivity contribution in [2.75, 3.05) is 6.54 Å². The van der Waals surface area contributed by atoms with Gasteiger partial charge >= 0.3 is 0 Å².